The van der Waals surface area contributed by atoms with Crippen molar-refractivity contribution in [3.63, 3.8) is 0 Å². The molecule has 2 aliphatic heterocycles. The quantitative estimate of drug-likeness (QED) is 0.362. The summed E-state index contributed by atoms with van der Waals surface area (Å²) in [5.74, 6) is 0.508. The van der Waals surface area contributed by atoms with E-state index in [4.69, 9.17) is 28.9 Å². The van der Waals surface area contributed by atoms with E-state index >= 15 is 0 Å². The molecular weight excluding hydrogens is 473 g/mol. The van der Waals surface area contributed by atoms with Crippen LogP contribution in [0.5, 0.6) is 0 Å². The summed E-state index contributed by atoms with van der Waals surface area (Å²) >= 11 is 13.3. The maximum Gasteiger partial charge on any atom is 0.0830 e. The van der Waals surface area contributed by atoms with Gasteiger partial charge in [-0.2, -0.15) is 0 Å². The number of nitrogens with two attached hydrogens (primary N) is 1. The van der Waals surface area contributed by atoms with Gasteiger partial charge in [0.25, 0.3) is 0 Å². The predicted octanol–water partition coefficient (Wildman–Crippen LogP) is 8.43. The molecule has 0 bridgehead atoms. The average molecular weight is 507 g/mol. The van der Waals surface area contributed by atoms with E-state index in [-0.39, 0.29) is 5.54 Å². The van der Waals surface area contributed by atoms with Crippen molar-refractivity contribution >= 4 is 40.3 Å². The van der Waals surface area contributed by atoms with Gasteiger partial charge in [0.2, 0.25) is 0 Å². The van der Waals surface area contributed by atoms with Crippen LogP contribution in [0.4, 0.5) is 17.1 Å². The lowest BCUT2D eigenvalue weighted by Crippen LogP contribution is -2.45. The Kier molecular flexibility index (Phi) is 6.61. The number of hydrogen-bond donors (Lipinski definition) is 1. The van der Waals surface area contributed by atoms with Crippen molar-refractivity contribution in [2.24, 2.45) is 0 Å². The number of piperidine rings is 1. The molecule has 0 atom stereocenters. The van der Waals surface area contributed by atoms with Gasteiger partial charge in [0.15, 0.2) is 0 Å². The van der Waals surface area contributed by atoms with Gasteiger partial charge in [-0.3, -0.25) is 4.90 Å². The lowest BCUT2D eigenvalue weighted by atomic mass is 9.83. The van der Waals surface area contributed by atoms with E-state index in [1.807, 2.05) is 30.3 Å². The highest BCUT2D eigenvalue weighted by Gasteiger charge is 2.30. The number of allylic oxidation sites excluding steroid dienone is 1. The Morgan fingerprint density at radius 1 is 0.914 bits per heavy atom. The summed E-state index contributed by atoms with van der Waals surface area (Å²) in [5.41, 5.74) is 14.2. The number of likely N-dealkylation sites (tertiary alicyclic amines) is 1. The molecule has 0 unspecified atom stereocenters. The van der Waals surface area contributed by atoms with E-state index in [9.17, 15) is 0 Å². The molecule has 2 N–H and O–H groups in total. The summed E-state index contributed by atoms with van der Waals surface area (Å²) in [6.07, 6.45) is 7.43. The summed E-state index contributed by atoms with van der Waals surface area (Å²) in [7, 11) is 0. The summed E-state index contributed by atoms with van der Waals surface area (Å²) < 4.78 is 0. The van der Waals surface area contributed by atoms with Crippen LogP contribution in [0.1, 0.15) is 50.7 Å². The number of hydrogen-bond acceptors (Lipinski definition) is 3. The summed E-state index contributed by atoms with van der Waals surface area (Å²) in [6, 6.07) is 18.7. The van der Waals surface area contributed by atoms with Crippen LogP contribution in [0.3, 0.4) is 0 Å². The maximum atomic E-state index is 6.67. The molecule has 0 aromatic heterocycles. The SMILES string of the molecule is CC(C)(C)N1CCC(c2cc(-c3cccc(N)c3)c3c(c2)N(c2c(Cl)cccc2Cl)C=CC3)CC1. The topological polar surface area (TPSA) is 32.5 Å². The lowest BCUT2D eigenvalue weighted by Gasteiger charge is -2.41. The van der Waals surface area contributed by atoms with Crippen LogP contribution in [0.25, 0.3) is 11.1 Å². The van der Waals surface area contributed by atoms with Crippen LogP contribution in [0.15, 0.2) is 66.9 Å². The Labute approximate surface area is 219 Å². The Morgan fingerprint density at radius 2 is 1.60 bits per heavy atom. The Morgan fingerprint density at radius 3 is 2.26 bits per heavy atom. The number of benzene rings is 3. The zero-order chi connectivity index (χ0) is 24.7. The number of anilines is 3. The lowest BCUT2D eigenvalue weighted by molar-refractivity contribution is 0.102. The van der Waals surface area contributed by atoms with Gasteiger partial charge in [0.1, 0.15) is 0 Å². The number of fused-ring (bicyclic) bond motifs is 1. The maximum absolute atomic E-state index is 6.67. The highest BCUT2D eigenvalue weighted by molar-refractivity contribution is 6.39. The van der Waals surface area contributed by atoms with Crippen molar-refractivity contribution in [3.8, 4) is 11.1 Å². The Balaban J connectivity index is 1.63. The fourth-order valence-corrected chi connectivity index (χ4v) is 6.04. The van der Waals surface area contributed by atoms with E-state index in [1.54, 1.807) is 0 Å². The zero-order valence-corrected chi connectivity index (χ0v) is 22.2. The van der Waals surface area contributed by atoms with Gasteiger partial charge in [-0.1, -0.05) is 53.5 Å². The molecule has 0 spiro atoms. The van der Waals surface area contributed by atoms with Crippen LogP contribution < -0.4 is 10.6 Å². The molecule has 182 valence electrons. The van der Waals surface area contributed by atoms with E-state index in [2.05, 4.69) is 67.1 Å². The number of nitrogen functional groups attached to an aromatic ring is 1. The fourth-order valence-electron chi connectivity index (χ4n) is 5.46. The standard InChI is InChI=1S/C30H33Cl2N3/c1-30(2,3)34-15-12-20(13-16-34)22-18-25(21-7-4-8-23(33)17-21)24-9-6-14-35(28(24)19-22)29-26(31)10-5-11-27(29)32/h4-8,10-11,14,17-20H,9,12-13,15-16,33H2,1-3H3. The normalized spacial score (nSPS) is 17.0. The zero-order valence-electron chi connectivity index (χ0n) is 20.7. The summed E-state index contributed by atoms with van der Waals surface area (Å²) in [5, 5.41) is 1.29. The van der Waals surface area contributed by atoms with Crippen molar-refractivity contribution in [2.75, 3.05) is 23.7 Å². The van der Waals surface area contributed by atoms with Crippen molar-refractivity contribution in [1.29, 1.82) is 0 Å². The molecule has 3 aromatic carbocycles. The largest absolute Gasteiger partial charge is 0.399 e. The number of halogens is 2. The molecule has 35 heavy (non-hydrogen) atoms. The first-order valence-electron chi connectivity index (χ1n) is 12.4. The third kappa shape index (κ3) is 4.82. The molecule has 3 aromatic rings. The molecule has 0 aliphatic carbocycles. The van der Waals surface area contributed by atoms with Crippen molar-refractivity contribution < 1.29 is 0 Å². The molecule has 0 saturated carbocycles. The molecular formula is C30H33Cl2N3. The second-order valence-electron chi connectivity index (χ2n) is 10.7. The van der Waals surface area contributed by atoms with Gasteiger partial charge >= 0.3 is 0 Å². The Hall–Kier alpha value is -2.46. The first-order chi connectivity index (χ1) is 16.7. The van der Waals surface area contributed by atoms with Crippen LogP contribution in [-0.2, 0) is 6.42 Å². The number of nitrogens with zero attached hydrogens (tertiary/aromatic N) is 2. The molecule has 5 rings (SSSR count). The van der Waals surface area contributed by atoms with E-state index in [1.165, 1.54) is 16.7 Å². The van der Waals surface area contributed by atoms with Gasteiger partial charge in [-0.15, -0.1) is 0 Å². The molecule has 2 aliphatic rings. The summed E-state index contributed by atoms with van der Waals surface area (Å²) in [6.45, 7) is 9.14. The minimum atomic E-state index is 0.204. The van der Waals surface area contributed by atoms with Gasteiger partial charge in [-0.05, 0) is 112 Å². The smallest absolute Gasteiger partial charge is 0.0830 e. The second-order valence-corrected chi connectivity index (χ2v) is 11.5. The van der Waals surface area contributed by atoms with Crippen LogP contribution in [-0.4, -0.2) is 23.5 Å². The first-order valence-corrected chi connectivity index (χ1v) is 13.2. The van der Waals surface area contributed by atoms with Gasteiger partial charge in [0, 0.05) is 17.4 Å². The van der Waals surface area contributed by atoms with Gasteiger partial charge in [-0.25, -0.2) is 0 Å². The summed E-state index contributed by atoms with van der Waals surface area (Å²) in [4.78, 5) is 4.76. The third-order valence-corrected chi connectivity index (χ3v) is 7.99. The molecule has 0 amide bonds. The fraction of sp³-hybridized carbons (Fsp3) is 0.333. The Bertz CT molecular complexity index is 1250. The minimum absolute atomic E-state index is 0.204. The molecule has 2 heterocycles. The van der Waals surface area contributed by atoms with Crippen molar-refractivity contribution in [3.05, 3.63) is 88.0 Å². The molecule has 0 radical (unpaired) electrons. The van der Waals surface area contributed by atoms with Crippen LogP contribution in [0.2, 0.25) is 10.0 Å². The molecule has 3 nitrogen and oxygen atoms in total. The van der Waals surface area contributed by atoms with E-state index < -0.39 is 0 Å². The highest BCUT2D eigenvalue weighted by atomic mass is 35.5. The van der Waals surface area contributed by atoms with Gasteiger partial charge < -0.3 is 10.6 Å². The number of rotatable bonds is 3. The third-order valence-electron chi connectivity index (χ3n) is 7.38. The highest BCUT2D eigenvalue weighted by Crippen LogP contribution is 2.46. The second kappa shape index (κ2) is 9.54. The monoisotopic (exact) mass is 505 g/mol. The molecule has 5 heteroatoms. The van der Waals surface area contributed by atoms with Crippen molar-refractivity contribution in [1.82, 2.24) is 4.90 Å². The minimum Gasteiger partial charge on any atom is -0.399 e. The predicted molar refractivity (Wildman–Crippen MR) is 151 cm³/mol. The number of para-hydroxylation sites is 1. The van der Waals surface area contributed by atoms with E-state index in [0.29, 0.717) is 16.0 Å². The molecule has 1 fully saturated rings. The first kappa shape index (κ1) is 24.2. The van der Waals surface area contributed by atoms with E-state index in [0.717, 1.165) is 55.0 Å². The van der Waals surface area contributed by atoms with Crippen LogP contribution in [0, 0.1) is 0 Å². The van der Waals surface area contributed by atoms with Crippen molar-refractivity contribution in [2.45, 2.75) is 51.5 Å². The molecule has 1 saturated heterocycles. The van der Waals surface area contributed by atoms with Gasteiger partial charge in [0.05, 0.1) is 21.4 Å². The average Bonchev–Trinajstić information content (AvgIpc) is 2.83. The van der Waals surface area contributed by atoms with Crippen LogP contribution >= 0.6 is 23.2 Å².